The van der Waals surface area contributed by atoms with Gasteiger partial charge in [0.2, 0.25) is 0 Å². The summed E-state index contributed by atoms with van der Waals surface area (Å²) >= 11 is 0. The molecular weight excluding hydrogens is 433 g/mol. The number of nitrogens with one attached hydrogen (secondary N) is 1. The predicted molar refractivity (Wildman–Crippen MR) is 114 cm³/mol. The lowest BCUT2D eigenvalue weighted by atomic mass is 10.1. The van der Waals surface area contributed by atoms with Gasteiger partial charge in [-0.05, 0) is 24.6 Å². The Morgan fingerprint density at radius 2 is 1.91 bits per heavy atom. The van der Waals surface area contributed by atoms with Crippen LogP contribution in [0.5, 0.6) is 0 Å². The van der Waals surface area contributed by atoms with E-state index in [1.165, 1.54) is 37.1 Å². The summed E-state index contributed by atoms with van der Waals surface area (Å²) in [5.74, 6) is 0.993. The van der Waals surface area contributed by atoms with Crippen LogP contribution in [0.2, 0.25) is 0 Å². The maximum Gasteiger partial charge on any atom is 0.303 e. The van der Waals surface area contributed by atoms with E-state index in [4.69, 9.17) is 20.6 Å². The summed E-state index contributed by atoms with van der Waals surface area (Å²) in [5, 5.41) is 2.93. The Hall–Kier alpha value is -4.04. The van der Waals surface area contributed by atoms with Crippen molar-refractivity contribution in [1.82, 2.24) is 19.5 Å². The van der Waals surface area contributed by atoms with Crippen LogP contribution in [-0.2, 0) is 23.8 Å². The number of aromatic nitrogens is 4. The highest BCUT2D eigenvalue weighted by Gasteiger charge is 2.50. The molecule has 0 unspecified atom stereocenters. The molecule has 1 saturated heterocycles. The van der Waals surface area contributed by atoms with Crippen molar-refractivity contribution in [3.8, 4) is 12.3 Å². The quantitative estimate of drug-likeness (QED) is 0.459. The summed E-state index contributed by atoms with van der Waals surface area (Å²) < 4.78 is 32.3. The Bertz CT molecular complexity index is 1270. The molecule has 0 bridgehead atoms. The number of nitrogens with zero attached hydrogens (tertiary/aromatic N) is 4. The van der Waals surface area contributed by atoms with E-state index in [0.717, 1.165) is 5.56 Å². The molecule has 1 aliphatic rings. The zero-order chi connectivity index (χ0) is 23.7. The van der Waals surface area contributed by atoms with Crippen LogP contribution < -0.4 is 5.32 Å². The van der Waals surface area contributed by atoms with Gasteiger partial charge in [0.1, 0.15) is 12.1 Å². The second-order valence-electron chi connectivity index (χ2n) is 7.42. The lowest BCUT2D eigenvalue weighted by molar-refractivity contribution is -0.165. The number of hydrogen-bond donors (Lipinski definition) is 1. The van der Waals surface area contributed by atoms with Gasteiger partial charge in [-0.15, -0.1) is 6.42 Å². The molecule has 0 saturated carbocycles. The molecule has 10 nitrogen and oxygen atoms in total. The third kappa shape index (κ3) is 4.33. The van der Waals surface area contributed by atoms with Crippen LogP contribution in [-0.4, -0.2) is 49.8 Å². The van der Waals surface area contributed by atoms with Crippen molar-refractivity contribution >= 4 is 34.6 Å². The first kappa shape index (κ1) is 22.2. The zero-order valence-corrected chi connectivity index (χ0v) is 18.0. The number of carbonyl (C=O) groups excluding carboxylic acids is 2. The number of rotatable bonds is 5. The Morgan fingerprint density at radius 3 is 2.61 bits per heavy atom. The van der Waals surface area contributed by atoms with Gasteiger partial charge in [-0.25, -0.2) is 19.3 Å². The Labute approximate surface area is 188 Å². The molecule has 1 aromatic carbocycles. The van der Waals surface area contributed by atoms with Crippen LogP contribution in [0.4, 0.5) is 15.9 Å². The fourth-order valence-electron chi connectivity index (χ4n) is 3.63. The predicted octanol–water partition coefficient (Wildman–Crippen LogP) is 2.41. The SMILES string of the molecule is C#C[C@H]1O[C@@H](n2cnc3c(Nc4cc(C)ccc4F)ncnc32)[C@H](OC(C)=O)[C@H]1OC(C)=O. The van der Waals surface area contributed by atoms with E-state index in [-0.39, 0.29) is 11.5 Å². The van der Waals surface area contributed by atoms with Crippen LogP contribution in [0.1, 0.15) is 25.6 Å². The monoisotopic (exact) mass is 453 g/mol. The van der Waals surface area contributed by atoms with Gasteiger partial charge in [-0.2, -0.15) is 0 Å². The van der Waals surface area contributed by atoms with Gasteiger partial charge in [0.25, 0.3) is 0 Å². The molecule has 0 radical (unpaired) electrons. The van der Waals surface area contributed by atoms with E-state index in [1.54, 1.807) is 12.1 Å². The Kier molecular flexibility index (Phi) is 5.93. The molecule has 2 aromatic heterocycles. The van der Waals surface area contributed by atoms with Crippen molar-refractivity contribution in [3.05, 3.63) is 42.2 Å². The van der Waals surface area contributed by atoms with Crippen LogP contribution in [0, 0.1) is 25.1 Å². The van der Waals surface area contributed by atoms with Crippen molar-refractivity contribution in [2.45, 2.75) is 45.3 Å². The average molecular weight is 453 g/mol. The molecule has 3 heterocycles. The number of ether oxygens (including phenoxy) is 3. The fraction of sp³-hybridized carbons (Fsp3) is 0.318. The molecule has 4 rings (SSSR count). The minimum atomic E-state index is -1.05. The number of terminal acetylenes is 1. The van der Waals surface area contributed by atoms with Gasteiger partial charge in [0, 0.05) is 13.8 Å². The molecule has 1 fully saturated rings. The molecule has 1 N–H and O–H groups in total. The lowest BCUT2D eigenvalue weighted by Gasteiger charge is -2.23. The highest BCUT2D eigenvalue weighted by molar-refractivity contribution is 5.85. The fourth-order valence-corrected chi connectivity index (χ4v) is 3.63. The van der Waals surface area contributed by atoms with Crippen LogP contribution in [0.25, 0.3) is 11.2 Å². The van der Waals surface area contributed by atoms with Gasteiger partial charge < -0.3 is 19.5 Å². The van der Waals surface area contributed by atoms with Gasteiger partial charge in [0.05, 0.1) is 12.0 Å². The van der Waals surface area contributed by atoms with E-state index >= 15 is 0 Å². The van der Waals surface area contributed by atoms with Gasteiger partial charge >= 0.3 is 11.9 Å². The Morgan fingerprint density at radius 1 is 1.18 bits per heavy atom. The number of anilines is 2. The number of esters is 2. The molecule has 0 aliphatic carbocycles. The lowest BCUT2D eigenvalue weighted by Crippen LogP contribution is -2.38. The third-order valence-corrected chi connectivity index (χ3v) is 4.97. The van der Waals surface area contributed by atoms with Crippen molar-refractivity contribution in [3.63, 3.8) is 0 Å². The maximum atomic E-state index is 14.2. The summed E-state index contributed by atoms with van der Waals surface area (Å²) in [5.41, 5.74) is 1.70. The Balaban J connectivity index is 1.74. The summed E-state index contributed by atoms with van der Waals surface area (Å²) in [6, 6.07) is 4.64. The molecule has 0 spiro atoms. The van der Waals surface area contributed by atoms with Crippen LogP contribution in [0.15, 0.2) is 30.9 Å². The van der Waals surface area contributed by atoms with E-state index in [1.807, 2.05) is 6.92 Å². The summed E-state index contributed by atoms with van der Waals surface area (Å²) in [4.78, 5) is 36.1. The molecule has 11 heteroatoms. The molecule has 33 heavy (non-hydrogen) atoms. The van der Waals surface area contributed by atoms with Crippen molar-refractivity contribution in [2.24, 2.45) is 0 Å². The average Bonchev–Trinajstić information content (AvgIpc) is 3.32. The number of halogens is 1. The topological polar surface area (TPSA) is 117 Å². The maximum absolute atomic E-state index is 14.2. The molecule has 170 valence electrons. The van der Waals surface area contributed by atoms with Crippen LogP contribution >= 0.6 is 0 Å². The van der Waals surface area contributed by atoms with Crippen LogP contribution in [0.3, 0.4) is 0 Å². The second-order valence-corrected chi connectivity index (χ2v) is 7.42. The van der Waals surface area contributed by atoms with Gasteiger partial charge in [-0.3, -0.25) is 14.2 Å². The summed E-state index contributed by atoms with van der Waals surface area (Å²) in [6.45, 7) is 4.27. The van der Waals surface area contributed by atoms with E-state index in [0.29, 0.717) is 11.2 Å². The number of carbonyl (C=O) groups is 2. The molecule has 4 atom stereocenters. The first-order chi connectivity index (χ1) is 15.8. The summed E-state index contributed by atoms with van der Waals surface area (Å²) in [7, 11) is 0. The summed E-state index contributed by atoms with van der Waals surface area (Å²) in [6.07, 6.45) is 4.20. The third-order valence-electron chi connectivity index (χ3n) is 4.97. The largest absolute Gasteiger partial charge is 0.455 e. The molecular formula is C22H20FN5O5. The molecule has 0 amide bonds. The van der Waals surface area contributed by atoms with Gasteiger partial charge in [-0.1, -0.05) is 12.0 Å². The molecule has 1 aliphatic heterocycles. The molecule has 3 aromatic rings. The number of hydrogen-bond acceptors (Lipinski definition) is 9. The van der Waals surface area contributed by atoms with E-state index < -0.39 is 42.3 Å². The van der Waals surface area contributed by atoms with Gasteiger partial charge in [0.15, 0.2) is 41.5 Å². The van der Waals surface area contributed by atoms with E-state index in [9.17, 15) is 14.0 Å². The number of imidazole rings is 1. The van der Waals surface area contributed by atoms with E-state index in [2.05, 4.69) is 26.2 Å². The second kappa shape index (κ2) is 8.84. The first-order valence-corrected chi connectivity index (χ1v) is 9.95. The number of aryl methyl sites for hydroxylation is 1. The standard InChI is InChI=1S/C22H20FN5O5/c1-5-16-18(31-12(3)29)19(32-13(4)30)22(33-16)28-10-26-17-20(24-9-25-21(17)28)27-15-8-11(2)6-7-14(15)23/h1,6-10,16,18-19,22H,2-4H3,(H,24,25,27)/t16-,18+,19-,22-/m1/s1. The van der Waals surface area contributed by atoms with Crippen molar-refractivity contribution in [1.29, 1.82) is 0 Å². The normalized spacial score (nSPS) is 22.0. The zero-order valence-electron chi connectivity index (χ0n) is 18.0. The number of fused-ring (bicyclic) bond motifs is 1. The first-order valence-electron chi connectivity index (χ1n) is 9.95. The minimum Gasteiger partial charge on any atom is -0.455 e. The van der Waals surface area contributed by atoms with Crippen molar-refractivity contribution in [2.75, 3.05) is 5.32 Å². The van der Waals surface area contributed by atoms with Crippen molar-refractivity contribution < 1.29 is 28.2 Å². The number of benzene rings is 1. The highest BCUT2D eigenvalue weighted by atomic mass is 19.1. The smallest absolute Gasteiger partial charge is 0.303 e. The minimum absolute atomic E-state index is 0.224. The highest BCUT2D eigenvalue weighted by Crippen LogP contribution is 2.36.